The molecule has 0 aliphatic rings. The molecule has 0 bridgehead atoms. The van der Waals surface area contributed by atoms with Gasteiger partial charge in [0.15, 0.2) is 33.1 Å². The molecule has 0 amide bonds. The summed E-state index contributed by atoms with van der Waals surface area (Å²) >= 11 is 0. The summed E-state index contributed by atoms with van der Waals surface area (Å²) in [6, 6.07) is 32.8. The molecular formula is C33H33I3N6. The largest absolute Gasteiger partial charge is 1.00 e. The van der Waals surface area contributed by atoms with Gasteiger partial charge in [-0.15, -0.1) is 0 Å². The Balaban J connectivity index is 0.00000135. The summed E-state index contributed by atoms with van der Waals surface area (Å²) in [5.41, 5.74) is 10.8. The maximum Gasteiger partial charge on any atom is 0.289 e. The zero-order valence-electron chi connectivity index (χ0n) is 24.5. The van der Waals surface area contributed by atoms with Crippen LogP contribution in [0.2, 0.25) is 0 Å². The lowest BCUT2D eigenvalue weighted by atomic mass is 10.0. The van der Waals surface area contributed by atoms with Crippen molar-refractivity contribution in [3.63, 3.8) is 0 Å². The summed E-state index contributed by atoms with van der Waals surface area (Å²) in [5, 5.41) is 0. The normalized spacial score (nSPS) is 11.0. The van der Waals surface area contributed by atoms with Crippen LogP contribution in [0.25, 0.3) is 67.3 Å². The standard InChI is InChI=1S/C33H33N6.3HI/c1-34-25-13-7-8-14-26(25)35(2)31(34)22-19-23(32-36(3)27-15-9-10-16-28(27)37(32)4)21-24(20-22)33-38(5)29-17-11-12-18-30(29)39(33)6;;;/h7-21H,1-6H3;3*1H/q+3;;;/p-3. The first-order valence-corrected chi connectivity index (χ1v) is 13.3. The molecule has 42 heavy (non-hydrogen) atoms. The van der Waals surface area contributed by atoms with Crippen LogP contribution in [0.1, 0.15) is 0 Å². The van der Waals surface area contributed by atoms with Crippen molar-refractivity contribution >= 4 is 33.1 Å². The number of para-hydroxylation sites is 6. The van der Waals surface area contributed by atoms with Crippen molar-refractivity contribution in [2.45, 2.75) is 0 Å². The molecule has 3 aromatic heterocycles. The van der Waals surface area contributed by atoms with Crippen molar-refractivity contribution in [3.8, 4) is 34.2 Å². The lowest BCUT2D eigenvalue weighted by molar-refractivity contribution is -0.634. The molecule has 0 aliphatic carbocycles. The van der Waals surface area contributed by atoms with E-state index in [0.717, 1.165) is 0 Å². The van der Waals surface area contributed by atoms with Crippen LogP contribution >= 0.6 is 0 Å². The molecule has 3 heterocycles. The maximum absolute atomic E-state index is 2.34. The van der Waals surface area contributed by atoms with E-state index in [4.69, 9.17) is 0 Å². The minimum absolute atomic E-state index is 0. The van der Waals surface area contributed by atoms with E-state index in [1.54, 1.807) is 0 Å². The SMILES string of the molecule is Cn1c(-c2cc(-c3n(C)c4ccccc4[n+]3C)cc(-c3n(C)c4ccccc4[n+]3C)c2)[n+](C)c2ccccc21.[I-].[I-].[I-]. The first-order valence-electron chi connectivity index (χ1n) is 13.3. The van der Waals surface area contributed by atoms with Gasteiger partial charge in [0.25, 0.3) is 17.5 Å². The van der Waals surface area contributed by atoms with Crippen LogP contribution in [-0.4, -0.2) is 13.7 Å². The zero-order valence-corrected chi connectivity index (χ0v) is 30.9. The lowest BCUT2D eigenvalue weighted by Gasteiger charge is -2.07. The maximum atomic E-state index is 2.34. The Bertz CT molecular complexity index is 1730. The summed E-state index contributed by atoms with van der Waals surface area (Å²) in [6.45, 7) is 0. The summed E-state index contributed by atoms with van der Waals surface area (Å²) in [6.07, 6.45) is 0. The Labute approximate surface area is 297 Å². The first-order chi connectivity index (χ1) is 18.9. The van der Waals surface area contributed by atoms with E-state index in [1.807, 2.05) is 0 Å². The van der Waals surface area contributed by atoms with E-state index < -0.39 is 0 Å². The summed E-state index contributed by atoms with van der Waals surface area (Å²) in [4.78, 5) is 0. The van der Waals surface area contributed by atoms with E-state index >= 15 is 0 Å². The topological polar surface area (TPSA) is 26.4 Å². The number of aryl methyl sites for hydroxylation is 6. The molecule has 7 aromatic rings. The van der Waals surface area contributed by atoms with Crippen molar-refractivity contribution in [2.24, 2.45) is 42.3 Å². The van der Waals surface area contributed by atoms with Crippen LogP contribution in [0.5, 0.6) is 0 Å². The third-order valence-corrected chi connectivity index (χ3v) is 8.43. The fourth-order valence-electron chi connectivity index (χ4n) is 6.63. The molecule has 0 radical (unpaired) electrons. The van der Waals surface area contributed by atoms with Gasteiger partial charge in [-0.2, -0.15) is 0 Å². The summed E-state index contributed by atoms with van der Waals surface area (Å²) in [7, 11) is 13.0. The van der Waals surface area contributed by atoms with Gasteiger partial charge in [-0.3, -0.25) is 0 Å². The quantitative estimate of drug-likeness (QED) is 0.127. The highest BCUT2D eigenvalue weighted by Crippen LogP contribution is 2.33. The van der Waals surface area contributed by atoms with E-state index in [9.17, 15) is 0 Å². The minimum atomic E-state index is 0. The Hall–Kier alpha value is -2.52. The van der Waals surface area contributed by atoms with Gasteiger partial charge < -0.3 is 71.9 Å². The molecule has 0 N–H and O–H groups in total. The minimum Gasteiger partial charge on any atom is -1.00 e. The van der Waals surface area contributed by atoms with Crippen LogP contribution in [0.3, 0.4) is 0 Å². The van der Waals surface area contributed by atoms with Crippen molar-refractivity contribution in [1.29, 1.82) is 0 Å². The molecule has 4 aromatic carbocycles. The highest BCUT2D eigenvalue weighted by Gasteiger charge is 2.29. The van der Waals surface area contributed by atoms with Gasteiger partial charge in [0, 0.05) is 0 Å². The van der Waals surface area contributed by atoms with Gasteiger partial charge in [0.05, 0.1) is 59.0 Å². The van der Waals surface area contributed by atoms with E-state index in [1.165, 1.54) is 67.3 Å². The van der Waals surface area contributed by atoms with Crippen LogP contribution in [0.4, 0.5) is 0 Å². The number of rotatable bonds is 3. The molecule has 6 nitrogen and oxygen atoms in total. The number of fused-ring (bicyclic) bond motifs is 3. The average molecular weight is 894 g/mol. The monoisotopic (exact) mass is 894 g/mol. The third-order valence-electron chi connectivity index (χ3n) is 8.43. The number of aromatic nitrogens is 6. The van der Waals surface area contributed by atoms with Gasteiger partial charge in [-0.25, -0.2) is 27.4 Å². The van der Waals surface area contributed by atoms with Gasteiger partial charge >= 0.3 is 0 Å². The molecule has 0 fully saturated rings. The van der Waals surface area contributed by atoms with Gasteiger partial charge in [-0.1, -0.05) is 36.4 Å². The van der Waals surface area contributed by atoms with Crippen LogP contribution in [-0.2, 0) is 42.3 Å². The smallest absolute Gasteiger partial charge is 0.289 e. The van der Waals surface area contributed by atoms with Crippen LogP contribution < -0.4 is 85.6 Å². The molecule has 0 unspecified atom stereocenters. The Morgan fingerprint density at radius 2 is 0.643 bits per heavy atom. The number of hydrogen-bond donors (Lipinski definition) is 0. The van der Waals surface area contributed by atoms with Crippen molar-refractivity contribution in [2.75, 3.05) is 0 Å². The van der Waals surface area contributed by atoms with Gasteiger partial charge in [0.1, 0.15) is 0 Å². The van der Waals surface area contributed by atoms with Crippen LogP contribution in [0.15, 0.2) is 91.0 Å². The fraction of sp³-hybridized carbons (Fsp3) is 0.182. The Morgan fingerprint density at radius 1 is 0.405 bits per heavy atom. The second-order valence-corrected chi connectivity index (χ2v) is 10.6. The van der Waals surface area contributed by atoms with Crippen molar-refractivity contribution < 1.29 is 85.6 Å². The molecule has 0 atom stereocenters. The van der Waals surface area contributed by atoms with Gasteiger partial charge in [-0.05, 0) is 54.6 Å². The van der Waals surface area contributed by atoms with Crippen molar-refractivity contribution in [1.82, 2.24) is 13.7 Å². The van der Waals surface area contributed by atoms with Crippen LogP contribution in [0, 0.1) is 0 Å². The number of imidazole rings is 3. The van der Waals surface area contributed by atoms with Crippen molar-refractivity contribution in [3.05, 3.63) is 91.0 Å². The Morgan fingerprint density at radius 3 is 0.881 bits per heavy atom. The van der Waals surface area contributed by atoms with E-state index in [-0.39, 0.29) is 71.9 Å². The summed E-state index contributed by atoms with van der Waals surface area (Å²) < 4.78 is 13.8. The predicted molar refractivity (Wildman–Crippen MR) is 156 cm³/mol. The first kappa shape index (κ1) is 32.4. The molecule has 7 rings (SSSR count). The lowest BCUT2D eigenvalue weighted by Crippen LogP contribution is -3.00. The second kappa shape index (κ2) is 12.2. The predicted octanol–water partition coefficient (Wildman–Crippen LogP) is -4.35. The number of nitrogens with zero attached hydrogens (tertiary/aromatic N) is 6. The molecule has 0 spiro atoms. The highest BCUT2D eigenvalue weighted by molar-refractivity contribution is 5.83. The molecule has 0 saturated carbocycles. The third kappa shape index (κ3) is 4.75. The zero-order chi connectivity index (χ0) is 27.0. The molecule has 0 saturated heterocycles. The summed E-state index contributed by atoms with van der Waals surface area (Å²) in [5.74, 6) is 3.51. The average Bonchev–Trinajstić information content (AvgIpc) is 3.48. The molecule has 0 aliphatic heterocycles. The highest BCUT2D eigenvalue weighted by atomic mass is 127. The fourth-order valence-corrected chi connectivity index (χ4v) is 6.63. The number of hydrogen-bond acceptors (Lipinski definition) is 0. The molecule has 9 heteroatoms. The molecular weight excluding hydrogens is 861 g/mol. The number of benzene rings is 4. The molecule has 216 valence electrons. The van der Waals surface area contributed by atoms with Gasteiger partial charge in [0.2, 0.25) is 0 Å². The number of halogens is 3. The van der Waals surface area contributed by atoms with E-state index in [0.29, 0.717) is 0 Å². The van der Waals surface area contributed by atoms with E-state index in [2.05, 4.69) is 161 Å². The second-order valence-electron chi connectivity index (χ2n) is 10.6. The Kier molecular flexibility index (Phi) is 9.43.